The molecule has 3 heteroatoms. The molecule has 0 spiro atoms. The molecule has 0 rings (SSSR count). The third-order valence-corrected chi connectivity index (χ3v) is 1.97. The van der Waals surface area contributed by atoms with Gasteiger partial charge in [0.2, 0.25) is 5.91 Å². The lowest BCUT2D eigenvalue weighted by Gasteiger charge is -2.21. The Bertz CT molecular complexity index is 146. The average molecular weight is 187 g/mol. The minimum Gasteiger partial charge on any atom is -0.380 e. The zero-order valence-electron chi connectivity index (χ0n) is 9.09. The molecule has 1 amide bonds. The molecule has 0 bridgehead atoms. The molecule has 0 aromatic rings. The number of carbonyl (C=O) groups is 1. The zero-order chi connectivity index (χ0) is 10.3. The Kier molecular flexibility index (Phi) is 6.59. The van der Waals surface area contributed by atoms with Crippen LogP contribution in [0.5, 0.6) is 0 Å². The van der Waals surface area contributed by atoms with Gasteiger partial charge in [-0.3, -0.25) is 4.79 Å². The molecule has 1 N–H and O–H groups in total. The summed E-state index contributed by atoms with van der Waals surface area (Å²) in [4.78, 5) is 11.1. The Morgan fingerprint density at radius 1 is 1.38 bits per heavy atom. The van der Waals surface area contributed by atoms with E-state index in [1.54, 1.807) is 0 Å². The Hall–Kier alpha value is -0.570. The summed E-state index contributed by atoms with van der Waals surface area (Å²) < 4.78 is 5.29. The highest BCUT2D eigenvalue weighted by atomic mass is 16.5. The topological polar surface area (TPSA) is 38.3 Å². The monoisotopic (exact) mass is 187 g/mol. The molecular formula is C10H21NO2. The maximum absolute atomic E-state index is 11.1. The van der Waals surface area contributed by atoms with Crippen LogP contribution in [0.25, 0.3) is 0 Å². The summed E-state index contributed by atoms with van der Waals surface area (Å²) in [5, 5.41) is 2.94. The summed E-state index contributed by atoms with van der Waals surface area (Å²) in [6.45, 7) is 9.29. The van der Waals surface area contributed by atoms with Crippen LogP contribution in [0.1, 0.15) is 34.1 Å². The molecule has 0 radical (unpaired) electrons. The van der Waals surface area contributed by atoms with Gasteiger partial charge in [0.15, 0.2) is 0 Å². The van der Waals surface area contributed by atoms with Crippen LogP contribution in [-0.2, 0) is 9.53 Å². The van der Waals surface area contributed by atoms with Crippen LogP contribution in [0.3, 0.4) is 0 Å². The predicted octanol–water partition coefficient (Wildman–Crippen LogP) is 1.57. The van der Waals surface area contributed by atoms with Crippen molar-refractivity contribution in [2.75, 3.05) is 13.2 Å². The van der Waals surface area contributed by atoms with Crippen LogP contribution in [0.4, 0.5) is 0 Å². The first kappa shape index (κ1) is 12.4. The fraction of sp³-hybridized carbons (Fsp3) is 0.900. The van der Waals surface area contributed by atoms with Gasteiger partial charge in [-0.1, -0.05) is 20.8 Å². The van der Waals surface area contributed by atoms with Crippen molar-refractivity contribution in [1.29, 1.82) is 0 Å². The van der Waals surface area contributed by atoms with Crippen LogP contribution in [0.2, 0.25) is 0 Å². The second-order valence-corrected chi connectivity index (χ2v) is 3.43. The minimum absolute atomic E-state index is 0.0957. The van der Waals surface area contributed by atoms with Gasteiger partial charge in [0, 0.05) is 13.0 Å². The summed E-state index contributed by atoms with van der Waals surface area (Å²) >= 11 is 0. The fourth-order valence-electron chi connectivity index (χ4n) is 0.954. The molecule has 0 aromatic heterocycles. The number of hydrogen-bond acceptors (Lipinski definition) is 2. The van der Waals surface area contributed by atoms with Crippen molar-refractivity contribution in [1.82, 2.24) is 5.32 Å². The first-order valence-corrected chi connectivity index (χ1v) is 4.98. The van der Waals surface area contributed by atoms with E-state index in [2.05, 4.69) is 19.2 Å². The summed E-state index contributed by atoms with van der Waals surface area (Å²) in [6, 6.07) is 0.146. The van der Waals surface area contributed by atoms with E-state index >= 15 is 0 Å². The molecule has 0 heterocycles. The number of ether oxygens (including phenoxy) is 1. The second-order valence-electron chi connectivity index (χ2n) is 3.43. The summed E-state index contributed by atoms with van der Waals surface area (Å²) in [5.41, 5.74) is 0. The van der Waals surface area contributed by atoms with E-state index in [0.717, 1.165) is 0 Å². The van der Waals surface area contributed by atoms with E-state index in [1.165, 1.54) is 0 Å². The van der Waals surface area contributed by atoms with Crippen molar-refractivity contribution in [2.24, 2.45) is 5.92 Å². The van der Waals surface area contributed by atoms with Crippen molar-refractivity contribution >= 4 is 5.91 Å². The number of carbonyl (C=O) groups excluding carboxylic acids is 1. The molecule has 0 aliphatic carbocycles. The molecule has 0 aromatic carbocycles. The summed E-state index contributed by atoms with van der Waals surface area (Å²) in [7, 11) is 0. The Labute approximate surface area is 80.8 Å². The zero-order valence-corrected chi connectivity index (χ0v) is 9.09. The highest BCUT2D eigenvalue weighted by molar-refractivity contribution is 5.75. The summed E-state index contributed by atoms with van der Waals surface area (Å²) in [5.74, 6) is 0.514. The molecule has 0 aliphatic heterocycles. The Morgan fingerprint density at radius 3 is 2.38 bits per heavy atom. The quantitative estimate of drug-likeness (QED) is 0.685. The van der Waals surface area contributed by atoms with Crippen LogP contribution in [0.15, 0.2) is 0 Å². The second kappa shape index (κ2) is 6.89. The van der Waals surface area contributed by atoms with E-state index in [-0.39, 0.29) is 11.9 Å². The Morgan fingerprint density at radius 2 is 2.00 bits per heavy atom. The van der Waals surface area contributed by atoms with E-state index in [1.807, 2.05) is 13.8 Å². The molecule has 1 unspecified atom stereocenters. The highest BCUT2D eigenvalue weighted by Gasteiger charge is 2.14. The van der Waals surface area contributed by atoms with Gasteiger partial charge in [0.05, 0.1) is 12.6 Å². The standard InChI is InChI=1S/C10H21NO2/c1-5-10(12)11-9(8(3)4)7-13-6-2/h8-9H,5-7H2,1-4H3,(H,11,12). The van der Waals surface area contributed by atoms with E-state index in [4.69, 9.17) is 4.74 Å². The first-order chi connectivity index (χ1) is 6.11. The molecule has 0 saturated heterocycles. The highest BCUT2D eigenvalue weighted by Crippen LogP contribution is 2.02. The van der Waals surface area contributed by atoms with Gasteiger partial charge >= 0.3 is 0 Å². The predicted molar refractivity (Wildman–Crippen MR) is 53.6 cm³/mol. The number of rotatable bonds is 6. The largest absolute Gasteiger partial charge is 0.380 e. The first-order valence-electron chi connectivity index (χ1n) is 4.98. The van der Waals surface area contributed by atoms with Crippen molar-refractivity contribution < 1.29 is 9.53 Å². The SMILES string of the molecule is CCOCC(NC(=O)CC)C(C)C. The van der Waals surface area contributed by atoms with Gasteiger partial charge in [-0.05, 0) is 12.8 Å². The van der Waals surface area contributed by atoms with E-state index in [9.17, 15) is 4.79 Å². The molecule has 78 valence electrons. The maximum atomic E-state index is 11.1. The third kappa shape index (κ3) is 5.64. The van der Waals surface area contributed by atoms with Gasteiger partial charge < -0.3 is 10.1 Å². The molecule has 0 saturated carbocycles. The lowest BCUT2D eigenvalue weighted by Crippen LogP contribution is -2.41. The van der Waals surface area contributed by atoms with Crippen LogP contribution in [-0.4, -0.2) is 25.2 Å². The van der Waals surface area contributed by atoms with Gasteiger partial charge in [0.25, 0.3) is 0 Å². The van der Waals surface area contributed by atoms with Gasteiger partial charge in [0.1, 0.15) is 0 Å². The maximum Gasteiger partial charge on any atom is 0.220 e. The summed E-state index contributed by atoms with van der Waals surface area (Å²) in [6.07, 6.45) is 0.537. The normalized spacial score (nSPS) is 13.0. The van der Waals surface area contributed by atoms with Crippen LogP contribution >= 0.6 is 0 Å². The van der Waals surface area contributed by atoms with E-state index in [0.29, 0.717) is 25.6 Å². The van der Waals surface area contributed by atoms with Crippen molar-refractivity contribution in [3.63, 3.8) is 0 Å². The number of amides is 1. The van der Waals surface area contributed by atoms with Gasteiger partial charge in [-0.2, -0.15) is 0 Å². The number of hydrogen-bond donors (Lipinski definition) is 1. The third-order valence-electron chi connectivity index (χ3n) is 1.97. The molecule has 0 fully saturated rings. The molecule has 13 heavy (non-hydrogen) atoms. The van der Waals surface area contributed by atoms with E-state index < -0.39 is 0 Å². The molecular weight excluding hydrogens is 166 g/mol. The molecule has 3 nitrogen and oxygen atoms in total. The minimum atomic E-state index is 0.0957. The van der Waals surface area contributed by atoms with Crippen molar-refractivity contribution in [3.8, 4) is 0 Å². The van der Waals surface area contributed by atoms with Gasteiger partial charge in [-0.15, -0.1) is 0 Å². The number of nitrogens with one attached hydrogen (secondary N) is 1. The molecule has 1 atom stereocenters. The molecule has 0 aliphatic rings. The lowest BCUT2D eigenvalue weighted by atomic mass is 10.1. The van der Waals surface area contributed by atoms with Gasteiger partial charge in [-0.25, -0.2) is 0 Å². The average Bonchev–Trinajstić information content (AvgIpc) is 2.11. The smallest absolute Gasteiger partial charge is 0.220 e. The fourth-order valence-corrected chi connectivity index (χ4v) is 0.954. The van der Waals surface area contributed by atoms with Crippen molar-refractivity contribution in [2.45, 2.75) is 40.2 Å². The Balaban J connectivity index is 3.87. The van der Waals surface area contributed by atoms with Crippen LogP contribution < -0.4 is 5.32 Å². The van der Waals surface area contributed by atoms with Crippen LogP contribution in [0, 0.1) is 5.92 Å². The lowest BCUT2D eigenvalue weighted by molar-refractivity contribution is -0.122. The van der Waals surface area contributed by atoms with Crippen molar-refractivity contribution in [3.05, 3.63) is 0 Å².